The molecule has 1 N–H and O–H groups in total. The molecule has 1 saturated heterocycles. The van der Waals surface area contributed by atoms with Crippen molar-refractivity contribution in [3.63, 3.8) is 0 Å². The fraction of sp³-hybridized carbons (Fsp3) is 0.500. The summed E-state index contributed by atoms with van der Waals surface area (Å²) in [5, 5.41) is 8.83. The van der Waals surface area contributed by atoms with Gasteiger partial charge in [-0.05, 0) is 37.5 Å². The molecule has 0 amide bonds. The Kier molecular flexibility index (Phi) is 4.76. The van der Waals surface area contributed by atoms with Crippen LogP contribution in [0.4, 0.5) is 0 Å². The number of benzene rings is 1. The van der Waals surface area contributed by atoms with E-state index in [4.69, 9.17) is 5.26 Å². The highest BCUT2D eigenvalue weighted by molar-refractivity contribution is 7.87. The van der Waals surface area contributed by atoms with Crippen molar-refractivity contribution in [2.45, 2.75) is 38.8 Å². The fourth-order valence-corrected chi connectivity index (χ4v) is 3.90. The van der Waals surface area contributed by atoms with E-state index >= 15 is 0 Å². The third-order valence-corrected chi connectivity index (χ3v) is 5.23. The summed E-state index contributed by atoms with van der Waals surface area (Å²) in [6.45, 7) is 2.73. The molecule has 1 atom stereocenters. The van der Waals surface area contributed by atoms with Crippen molar-refractivity contribution in [1.29, 1.82) is 5.26 Å². The van der Waals surface area contributed by atoms with Gasteiger partial charge < -0.3 is 0 Å². The summed E-state index contributed by atoms with van der Waals surface area (Å²) in [6.07, 6.45) is 2.90. The fourth-order valence-electron chi connectivity index (χ4n) is 2.44. The maximum absolute atomic E-state index is 12.3. The molecule has 0 saturated carbocycles. The van der Waals surface area contributed by atoms with Crippen LogP contribution in [0.2, 0.25) is 0 Å². The lowest BCUT2D eigenvalue weighted by molar-refractivity contribution is 0.265. The first-order valence-corrected chi connectivity index (χ1v) is 8.22. The minimum absolute atomic E-state index is 0.0479. The Hall–Kier alpha value is -1.42. The highest BCUT2D eigenvalue weighted by atomic mass is 32.2. The molecule has 1 heterocycles. The van der Waals surface area contributed by atoms with Gasteiger partial charge in [0.05, 0.1) is 11.6 Å². The molecule has 1 aromatic rings. The predicted molar refractivity (Wildman–Crippen MR) is 76.9 cm³/mol. The first kappa shape index (κ1) is 15.0. The van der Waals surface area contributed by atoms with Crippen LogP contribution in [0.15, 0.2) is 24.3 Å². The molecule has 0 spiro atoms. The van der Waals surface area contributed by atoms with E-state index < -0.39 is 10.2 Å². The minimum atomic E-state index is -3.45. The summed E-state index contributed by atoms with van der Waals surface area (Å²) >= 11 is 0. The Labute approximate surface area is 120 Å². The molecule has 0 aromatic heterocycles. The molecule has 1 aliphatic heterocycles. The lowest BCUT2D eigenvalue weighted by atomic mass is 10.1. The molecule has 2 rings (SSSR count). The van der Waals surface area contributed by atoms with Gasteiger partial charge in [0.1, 0.15) is 0 Å². The predicted octanol–water partition coefficient (Wildman–Crippen LogP) is 1.77. The molecule has 1 fully saturated rings. The molecule has 6 heteroatoms. The van der Waals surface area contributed by atoms with Crippen molar-refractivity contribution in [3.8, 4) is 6.07 Å². The third-order valence-electron chi connectivity index (χ3n) is 3.57. The quantitative estimate of drug-likeness (QED) is 0.919. The summed E-state index contributed by atoms with van der Waals surface area (Å²) in [7, 11) is -3.45. The van der Waals surface area contributed by atoms with Crippen LogP contribution < -0.4 is 4.72 Å². The van der Waals surface area contributed by atoms with E-state index in [0.717, 1.165) is 24.8 Å². The van der Waals surface area contributed by atoms with Gasteiger partial charge >= 0.3 is 0 Å². The molecular weight excluding hydrogens is 274 g/mol. The van der Waals surface area contributed by atoms with Gasteiger partial charge in [0.15, 0.2) is 0 Å². The molecule has 1 aliphatic rings. The first-order valence-electron chi connectivity index (χ1n) is 6.78. The molecule has 0 aliphatic carbocycles. The lowest BCUT2D eigenvalue weighted by Crippen LogP contribution is -2.47. The van der Waals surface area contributed by atoms with Crippen molar-refractivity contribution in [2.24, 2.45) is 0 Å². The van der Waals surface area contributed by atoms with Crippen LogP contribution in [0.1, 0.15) is 37.3 Å². The first-order chi connectivity index (χ1) is 9.53. The summed E-state index contributed by atoms with van der Waals surface area (Å²) in [5.41, 5.74) is 1.32. The van der Waals surface area contributed by atoms with Crippen LogP contribution in [0.3, 0.4) is 0 Å². The highest BCUT2D eigenvalue weighted by Crippen LogP contribution is 2.19. The monoisotopic (exact) mass is 293 g/mol. The van der Waals surface area contributed by atoms with Gasteiger partial charge in [-0.25, -0.2) is 0 Å². The maximum atomic E-state index is 12.3. The zero-order chi connectivity index (χ0) is 14.6. The van der Waals surface area contributed by atoms with Crippen LogP contribution >= 0.6 is 0 Å². The molecule has 1 unspecified atom stereocenters. The van der Waals surface area contributed by atoms with E-state index in [1.165, 1.54) is 4.31 Å². The van der Waals surface area contributed by atoms with Gasteiger partial charge in [-0.3, -0.25) is 0 Å². The van der Waals surface area contributed by atoms with E-state index in [9.17, 15) is 8.42 Å². The number of nitriles is 1. The number of nitrogens with zero attached hydrogens (tertiary/aromatic N) is 2. The van der Waals surface area contributed by atoms with E-state index in [0.29, 0.717) is 12.1 Å². The Morgan fingerprint density at radius 1 is 1.45 bits per heavy atom. The average Bonchev–Trinajstić information content (AvgIpc) is 2.46. The lowest BCUT2D eigenvalue weighted by Gasteiger charge is -2.32. The van der Waals surface area contributed by atoms with Crippen LogP contribution in [-0.2, 0) is 16.8 Å². The van der Waals surface area contributed by atoms with Gasteiger partial charge in [-0.1, -0.05) is 18.6 Å². The van der Waals surface area contributed by atoms with Crippen LogP contribution in [0, 0.1) is 11.3 Å². The maximum Gasteiger partial charge on any atom is 0.279 e. The summed E-state index contributed by atoms with van der Waals surface area (Å²) in [5.74, 6) is 0. The standard InChI is InChI=1S/C14H19N3O2S/c1-12-5-2-3-8-17(12)20(18,19)16-11-14-7-4-6-13(9-14)10-15/h4,6-7,9,12,16H,2-3,5,8,11H2,1H3. The van der Waals surface area contributed by atoms with Gasteiger partial charge in [0, 0.05) is 19.1 Å². The Morgan fingerprint density at radius 2 is 2.25 bits per heavy atom. The van der Waals surface area contributed by atoms with E-state index in [1.807, 2.05) is 19.1 Å². The van der Waals surface area contributed by atoms with Gasteiger partial charge in [-0.15, -0.1) is 0 Å². The third kappa shape index (κ3) is 3.57. The smallest absolute Gasteiger partial charge is 0.198 e. The van der Waals surface area contributed by atoms with E-state index in [1.54, 1.807) is 18.2 Å². The number of hydrogen-bond acceptors (Lipinski definition) is 3. The second-order valence-corrected chi connectivity index (χ2v) is 6.80. The normalized spacial score (nSPS) is 20.5. The van der Waals surface area contributed by atoms with Crippen LogP contribution in [0.5, 0.6) is 0 Å². The SMILES string of the molecule is CC1CCCCN1S(=O)(=O)NCc1cccc(C#N)c1. The van der Waals surface area contributed by atoms with E-state index in [-0.39, 0.29) is 12.6 Å². The Bertz CT molecular complexity index is 607. The van der Waals surface area contributed by atoms with Crippen molar-refractivity contribution in [2.75, 3.05) is 6.54 Å². The average molecular weight is 293 g/mol. The van der Waals surface area contributed by atoms with Gasteiger partial charge in [-0.2, -0.15) is 22.7 Å². The van der Waals surface area contributed by atoms with Gasteiger partial charge in [0.2, 0.25) is 0 Å². The molecule has 108 valence electrons. The number of rotatable bonds is 4. The molecule has 0 radical (unpaired) electrons. The van der Waals surface area contributed by atoms with Crippen LogP contribution in [-0.4, -0.2) is 25.3 Å². The number of hydrogen-bond donors (Lipinski definition) is 1. The molecular formula is C14H19N3O2S. The number of nitrogens with one attached hydrogen (secondary N) is 1. The van der Waals surface area contributed by atoms with Crippen molar-refractivity contribution in [1.82, 2.24) is 9.03 Å². The Balaban J connectivity index is 2.03. The second-order valence-electron chi connectivity index (χ2n) is 5.09. The zero-order valence-electron chi connectivity index (χ0n) is 11.5. The summed E-state index contributed by atoms with van der Waals surface area (Å²) in [6, 6.07) is 9.06. The largest absolute Gasteiger partial charge is 0.279 e. The van der Waals surface area contributed by atoms with Gasteiger partial charge in [0.25, 0.3) is 10.2 Å². The number of piperidine rings is 1. The topological polar surface area (TPSA) is 73.2 Å². The summed E-state index contributed by atoms with van der Waals surface area (Å²) < 4.78 is 28.7. The zero-order valence-corrected chi connectivity index (χ0v) is 12.4. The van der Waals surface area contributed by atoms with Crippen LogP contribution in [0.25, 0.3) is 0 Å². The molecule has 20 heavy (non-hydrogen) atoms. The molecule has 0 bridgehead atoms. The minimum Gasteiger partial charge on any atom is -0.198 e. The highest BCUT2D eigenvalue weighted by Gasteiger charge is 2.28. The van der Waals surface area contributed by atoms with E-state index in [2.05, 4.69) is 4.72 Å². The second kappa shape index (κ2) is 6.35. The molecule has 1 aromatic carbocycles. The summed E-state index contributed by atoms with van der Waals surface area (Å²) in [4.78, 5) is 0. The van der Waals surface area contributed by atoms with Crippen molar-refractivity contribution in [3.05, 3.63) is 35.4 Å². The van der Waals surface area contributed by atoms with Crippen molar-refractivity contribution >= 4 is 10.2 Å². The molecule has 5 nitrogen and oxygen atoms in total. The van der Waals surface area contributed by atoms with Crippen molar-refractivity contribution < 1.29 is 8.42 Å². The Morgan fingerprint density at radius 3 is 2.95 bits per heavy atom.